The average Bonchev–Trinajstić information content (AvgIpc) is 3.22. The van der Waals surface area contributed by atoms with Crippen LogP contribution in [0.2, 0.25) is 0 Å². The van der Waals surface area contributed by atoms with E-state index in [0.29, 0.717) is 12.6 Å². The van der Waals surface area contributed by atoms with Gasteiger partial charge in [-0.15, -0.1) is 0 Å². The molecule has 2 aromatic rings. The number of ether oxygens (including phenoxy) is 1. The number of nitrogens with one attached hydrogen (secondary N) is 1. The zero-order chi connectivity index (χ0) is 21.7. The third-order valence-electron chi connectivity index (χ3n) is 4.78. The van der Waals surface area contributed by atoms with Crippen LogP contribution in [-0.2, 0) is 0 Å². The number of carbonyl (C=O) groups excluding carboxylic acids is 2. The Morgan fingerprint density at radius 3 is 2.73 bits per heavy atom. The highest BCUT2D eigenvalue weighted by Crippen LogP contribution is 2.25. The Hall–Kier alpha value is -3.36. The molecule has 30 heavy (non-hydrogen) atoms. The third-order valence-corrected chi connectivity index (χ3v) is 4.78. The summed E-state index contributed by atoms with van der Waals surface area (Å²) in [5.74, 6) is -3.41. The lowest BCUT2D eigenvalue weighted by atomic mass is 10.1. The van der Waals surface area contributed by atoms with Crippen molar-refractivity contribution in [1.82, 2.24) is 14.9 Å². The van der Waals surface area contributed by atoms with E-state index in [4.69, 9.17) is 4.74 Å². The van der Waals surface area contributed by atoms with Crippen LogP contribution in [0.25, 0.3) is 0 Å². The summed E-state index contributed by atoms with van der Waals surface area (Å²) in [7, 11) is 1.31. The zero-order valence-electron chi connectivity index (χ0n) is 16.7. The second-order valence-corrected chi connectivity index (χ2v) is 6.78. The van der Waals surface area contributed by atoms with Crippen molar-refractivity contribution in [2.75, 3.05) is 19.0 Å². The number of unbranched alkanes of at least 4 members (excludes halogenated alkanes) is 1. The number of amides is 2. The Morgan fingerprint density at radius 2 is 2.00 bits per heavy atom. The molecule has 158 valence electrons. The zero-order valence-corrected chi connectivity index (χ0v) is 16.7. The van der Waals surface area contributed by atoms with E-state index in [1.807, 2.05) is 19.1 Å². The van der Waals surface area contributed by atoms with E-state index in [1.54, 1.807) is 0 Å². The molecule has 2 amide bonds. The summed E-state index contributed by atoms with van der Waals surface area (Å²) in [5, 5.41) is 2.31. The van der Waals surface area contributed by atoms with Gasteiger partial charge in [-0.2, -0.15) is 0 Å². The molecular formula is C21H22F2N4O3. The fourth-order valence-corrected chi connectivity index (χ4v) is 3.24. The summed E-state index contributed by atoms with van der Waals surface area (Å²) >= 11 is 0. The molecule has 0 aliphatic carbocycles. The quantitative estimate of drug-likeness (QED) is 0.698. The van der Waals surface area contributed by atoms with Crippen LogP contribution >= 0.6 is 0 Å². The minimum Gasteiger partial charge on any atom is -0.479 e. The number of hydrogen-bond donors (Lipinski definition) is 1. The smallest absolute Gasteiger partial charge is 0.279 e. The molecule has 7 nitrogen and oxygen atoms in total. The van der Waals surface area contributed by atoms with Crippen LogP contribution in [0.3, 0.4) is 0 Å². The highest BCUT2D eigenvalue weighted by atomic mass is 19.1. The Morgan fingerprint density at radius 1 is 1.23 bits per heavy atom. The predicted molar refractivity (Wildman–Crippen MR) is 106 cm³/mol. The van der Waals surface area contributed by atoms with Crippen LogP contribution in [0.4, 0.5) is 14.5 Å². The maximum absolute atomic E-state index is 14.4. The topological polar surface area (TPSA) is 84.4 Å². The third kappa shape index (κ3) is 4.45. The van der Waals surface area contributed by atoms with E-state index in [-0.39, 0.29) is 28.9 Å². The molecule has 1 N–H and O–H groups in total. The van der Waals surface area contributed by atoms with E-state index < -0.39 is 23.4 Å². The standard InChI is InChI=1S/C21H22F2N4O3/c1-3-4-6-13-7-5-10-27(13)21(29)14-11-17(16(23)12-15(14)22)26-19(28)18-20(30-2)25-9-8-24-18/h5,7-9,11-13H,3-4,6,10H2,1-2H3,(H,26,28). The molecule has 0 fully saturated rings. The Labute approximate surface area is 172 Å². The van der Waals surface area contributed by atoms with Gasteiger partial charge in [0.1, 0.15) is 11.6 Å². The summed E-state index contributed by atoms with van der Waals surface area (Å²) in [6, 6.07) is 1.45. The highest BCUT2D eigenvalue weighted by molar-refractivity contribution is 6.05. The first-order valence-electron chi connectivity index (χ1n) is 9.59. The van der Waals surface area contributed by atoms with E-state index >= 15 is 0 Å². The van der Waals surface area contributed by atoms with E-state index in [1.165, 1.54) is 24.4 Å². The van der Waals surface area contributed by atoms with Gasteiger partial charge >= 0.3 is 0 Å². The van der Waals surface area contributed by atoms with E-state index in [0.717, 1.165) is 25.3 Å². The van der Waals surface area contributed by atoms with Gasteiger partial charge in [0.05, 0.1) is 24.4 Å². The van der Waals surface area contributed by atoms with Crippen molar-refractivity contribution < 1.29 is 23.1 Å². The molecule has 0 bridgehead atoms. The molecule has 9 heteroatoms. The lowest BCUT2D eigenvalue weighted by Gasteiger charge is -2.25. The van der Waals surface area contributed by atoms with Gasteiger partial charge in [0.25, 0.3) is 11.8 Å². The second-order valence-electron chi connectivity index (χ2n) is 6.78. The molecule has 0 saturated heterocycles. The molecule has 1 atom stereocenters. The lowest BCUT2D eigenvalue weighted by molar-refractivity contribution is 0.0738. The van der Waals surface area contributed by atoms with Crippen LogP contribution in [0, 0.1) is 11.6 Å². The maximum atomic E-state index is 14.4. The molecule has 1 aliphatic rings. The SMILES string of the molecule is CCCCC1C=CCN1C(=O)c1cc(NC(=O)c2nccnc2OC)c(F)cc1F. The van der Waals surface area contributed by atoms with Crippen LogP contribution in [-0.4, -0.2) is 46.4 Å². The Balaban J connectivity index is 1.85. The first-order chi connectivity index (χ1) is 14.5. The fourth-order valence-electron chi connectivity index (χ4n) is 3.24. The molecule has 0 spiro atoms. The molecule has 1 unspecified atom stereocenters. The number of methoxy groups -OCH3 is 1. The van der Waals surface area contributed by atoms with Crippen LogP contribution in [0.1, 0.15) is 47.0 Å². The molecule has 1 aromatic carbocycles. The highest BCUT2D eigenvalue weighted by Gasteiger charge is 2.28. The monoisotopic (exact) mass is 416 g/mol. The first kappa shape index (κ1) is 21.4. The Kier molecular flexibility index (Phi) is 6.71. The number of rotatable bonds is 7. The van der Waals surface area contributed by atoms with Crippen LogP contribution < -0.4 is 10.1 Å². The number of carbonyl (C=O) groups is 2. The summed E-state index contributed by atoms with van der Waals surface area (Å²) in [4.78, 5) is 34.7. The van der Waals surface area contributed by atoms with Gasteiger partial charge in [0.15, 0.2) is 5.69 Å². The van der Waals surface area contributed by atoms with Crippen molar-refractivity contribution in [3.63, 3.8) is 0 Å². The predicted octanol–water partition coefficient (Wildman–Crippen LogP) is 3.59. The van der Waals surface area contributed by atoms with Crippen molar-refractivity contribution in [3.05, 3.63) is 59.6 Å². The minimum absolute atomic E-state index is 0.0456. The number of aromatic nitrogens is 2. The number of benzene rings is 1. The second kappa shape index (κ2) is 9.43. The average molecular weight is 416 g/mol. The summed E-state index contributed by atoms with van der Waals surface area (Å²) in [5.41, 5.74) is -0.822. The van der Waals surface area contributed by atoms with Crippen molar-refractivity contribution in [2.45, 2.75) is 32.2 Å². The molecular weight excluding hydrogens is 394 g/mol. The van der Waals surface area contributed by atoms with Crippen LogP contribution in [0.15, 0.2) is 36.7 Å². The van der Waals surface area contributed by atoms with Crippen molar-refractivity contribution in [2.24, 2.45) is 0 Å². The largest absolute Gasteiger partial charge is 0.479 e. The van der Waals surface area contributed by atoms with Crippen molar-refractivity contribution in [3.8, 4) is 5.88 Å². The van der Waals surface area contributed by atoms with Gasteiger partial charge < -0.3 is 15.0 Å². The number of anilines is 1. The summed E-state index contributed by atoms with van der Waals surface area (Å²) in [6.45, 7) is 2.40. The molecule has 0 saturated carbocycles. The number of nitrogens with zero attached hydrogens (tertiary/aromatic N) is 3. The number of halogens is 2. The summed E-state index contributed by atoms with van der Waals surface area (Å²) < 4.78 is 33.7. The van der Waals surface area contributed by atoms with Gasteiger partial charge in [-0.05, 0) is 12.5 Å². The van der Waals surface area contributed by atoms with E-state index in [2.05, 4.69) is 15.3 Å². The molecule has 0 radical (unpaired) electrons. The van der Waals surface area contributed by atoms with Crippen molar-refractivity contribution in [1.29, 1.82) is 0 Å². The molecule has 1 aliphatic heterocycles. The van der Waals surface area contributed by atoms with Gasteiger partial charge in [-0.3, -0.25) is 9.59 Å². The number of hydrogen-bond acceptors (Lipinski definition) is 5. The van der Waals surface area contributed by atoms with Gasteiger partial charge in [0.2, 0.25) is 5.88 Å². The first-order valence-corrected chi connectivity index (χ1v) is 9.59. The normalized spacial score (nSPS) is 15.3. The summed E-state index contributed by atoms with van der Waals surface area (Å²) in [6.07, 6.45) is 9.04. The lowest BCUT2D eigenvalue weighted by Crippen LogP contribution is -2.36. The molecule has 3 rings (SSSR count). The van der Waals surface area contributed by atoms with Crippen LogP contribution in [0.5, 0.6) is 5.88 Å². The maximum Gasteiger partial charge on any atom is 0.279 e. The molecule has 2 heterocycles. The Bertz CT molecular complexity index is 981. The minimum atomic E-state index is -1.01. The van der Waals surface area contributed by atoms with Crippen molar-refractivity contribution >= 4 is 17.5 Å². The molecule has 1 aromatic heterocycles. The fraction of sp³-hybridized carbons (Fsp3) is 0.333. The van der Waals surface area contributed by atoms with Gasteiger partial charge in [0, 0.05) is 25.0 Å². The van der Waals surface area contributed by atoms with E-state index in [9.17, 15) is 18.4 Å². The van der Waals surface area contributed by atoms with Gasteiger partial charge in [-0.25, -0.2) is 18.7 Å². The van der Waals surface area contributed by atoms with Gasteiger partial charge in [-0.1, -0.05) is 31.9 Å².